The van der Waals surface area contributed by atoms with Crippen molar-refractivity contribution in [3.05, 3.63) is 11.6 Å². The zero-order valence-electron chi connectivity index (χ0n) is 16.2. The molecule has 4 aliphatic carbocycles. The van der Waals surface area contributed by atoms with Crippen LogP contribution in [0.5, 0.6) is 0 Å². The van der Waals surface area contributed by atoms with E-state index in [1.165, 1.54) is 0 Å². The second-order valence-corrected chi connectivity index (χ2v) is 10.2. The van der Waals surface area contributed by atoms with E-state index in [1.54, 1.807) is 6.08 Å². The number of aliphatic hydroxyl groups is 2. The van der Waals surface area contributed by atoms with Gasteiger partial charge in [0.05, 0.1) is 6.10 Å². The highest BCUT2D eigenvalue weighted by atomic mass is 16.6. The van der Waals surface area contributed by atoms with Crippen molar-refractivity contribution in [3.8, 4) is 0 Å². The van der Waals surface area contributed by atoms with Crippen LogP contribution in [0.2, 0.25) is 0 Å². The van der Waals surface area contributed by atoms with Crippen molar-refractivity contribution in [2.75, 3.05) is 0 Å². The average molecular weight is 374 g/mol. The van der Waals surface area contributed by atoms with Crippen molar-refractivity contribution in [1.82, 2.24) is 0 Å². The SMILES string of the molecule is C[C@]12CCC(=O)C=C1C(O)C(O)[C@@H]1[C@@H]2CC[C@@]2(C)[C@H]1CC[C@@]21CCC(=O)O1. The van der Waals surface area contributed by atoms with Crippen LogP contribution < -0.4 is 0 Å². The standard InChI is InChI=1S/C22H30O5/c1-20-7-3-12(23)11-15(20)18(25)19(26)17-13(20)4-8-21(2)14(17)5-9-22(21)10-6-16(24)27-22/h11,13-14,17-19,25-26H,3-10H2,1-2H3/t13-,14-,17+,18?,19?,20+,21-,22+/m0/s1. The molecule has 3 saturated carbocycles. The highest BCUT2D eigenvalue weighted by Crippen LogP contribution is 2.69. The molecule has 27 heavy (non-hydrogen) atoms. The fourth-order valence-corrected chi connectivity index (χ4v) is 7.87. The molecule has 5 nitrogen and oxygen atoms in total. The van der Waals surface area contributed by atoms with Crippen molar-refractivity contribution in [2.24, 2.45) is 28.6 Å². The van der Waals surface area contributed by atoms with Crippen molar-refractivity contribution < 1.29 is 24.5 Å². The molecule has 5 aliphatic rings. The van der Waals surface area contributed by atoms with E-state index in [0.717, 1.165) is 44.1 Å². The maximum atomic E-state index is 12.0. The van der Waals surface area contributed by atoms with Gasteiger partial charge >= 0.3 is 5.97 Å². The van der Waals surface area contributed by atoms with E-state index in [4.69, 9.17) is 4.74 Å². The fraction of sp³-hybridized carbons (Fsp3) is 0.818. The number of fused-ring (bicyclic) bond motifs is 6. The molecule has 0 radical (unpaired) electrons. The van der Waals surface area contributed by atoms with Gasteiger partial charge in [0.2, 0.25) is 0 Å². The lowest BCUT2D eigenvalue weighted by atomic mass is 9.45. The Morgan fingerprint density at radius 3 is 2.44 bits per heavy atom. The summed E-state index contributed by atoms with van der Waals surface area (Å²) < 4.78 is 5.93. The predicted octanol–water partition coefficient (Wildman–Crippen LogP) is 2.54. The number of hydrogen-bond donors (Lipinski definition) is 2. The summed E-state index contributed by atoms with van der Waals surface area (Å²) in [6, 6.07) is 0. The maximum absolute atomic E-state index is 12.0. The molecule has 1 heterocycles. The summed E-state index contributed by atoms with van der Waals surface area (Å²) in [6.45, 7) is 4.43. The maximum Gasteiger partial charge on any atom is 0.306 e. The first-order valence-electron chi connectivity index (χ1n) is 10.5. The Hall–Kier alpha value is -1.20. The zero-order chi connectivity index (χ0) is 19.2. The first-order chi connectivity index (χ1) is 12.7. The summed E-state index contributed by atoms with van der Waals surface area (Å²) in [7, 11) is 0. The topological polar surface area (TPSA) is 83.8 Å². The van der Waals surface area contributed by atoms with Crippen LogP contribution in [0.3, 0.4) is 0 Å². The van der Waals surface area contributed by atoms with Crippen molar-refractivity contribution in [1.29, 1.82) is 0 Å². The molecule has 148 valence electrons. The van der Waals surface area contributed by atoms with Crippen LogP contribution in [0.4, 0.5) is 0 Å². The molecule has 5 heteroatoms. The Morgan fingerprint density at radius 2 is 1.74 bits per heavy atom. The van der Waals surface area contributed by atoms with Crippen molar-refractivity contribution in [3.63, 3.8) is 0 Å². The molecule has 0 bridgehead atoms. The molecular weight excluding hydrogens is 344 g/mol. The van der Waals surface area contributed by atoms with Crippen molar-refractivity contribution in [2.45, 2.75) is 83.0 Å². The smallest absolute Gasteiger partial charge is 0.306 e. The monoisotopic (exact) mass is 374 g/mol. The molecule has 1 spiro atoms. The molecule has 8 atom stereocenters. The molecule has 2 N–H and O–H groups in total. The Bertz CT molecular complexity index is 743. The molecule has 2 unspecified atom stereocenters. The summed E-state index contributed by atoms with van der Waals surface area (Å²) in [5.41, 5.74) is 0.00403. The number of esters is 1. The minimum atomic E-state index is -0.967. The Kier molecular flexibility index (Phi) is 3.60. The lowest BCUT2D eigenvalue weighted by Gasteiger charge is -2.61. The van der Waals surface area contributed by atoms with E-state index < -0.39 is 12.2 Å². The average Bonchev–Trinajstić information content (AvgIpc) is 3.15. The molecule has 5 rings (SSSR count). The van der Waals surface area contributed by atoms with Crippen LogP contribution in [0.25, 0.3) is 0 Å². The van der Waals surface area contributed by atoms with Gasteiger partial charge in [-0.15, -0.1) is 0 Å². The summed E-state index contributed by atoms with van der Waals surface area (Å²) in [6.07, 6.45) is 6.07. The molecule has 1 aliphatic heterocycles. The van der Waals surface area contributed by atoms with E-state index in [-0.39, 0.29) is 45.9 Å². The van der Waals surface area contributed by atoms with Gasteiger partial charge in [-0.1, -0.05) is 13.8 Å². The van der Waals surface area contributed by atoms with E-state index in [9.17, 15) is 19.8 Å². The summed E-state index contributed by atoms with van der Waals surface area (Å²) in [4.78, 5) is 23.9. The third kappa shape index (κ3) is 2.08. The first kappa shape index (κ1) is 17.9. The van der Waals surface area contributed by atoms with Gasteiger partial charge in [0, 0.05) is 18.3 Å². The van der Waals surface area contributed by atoms with Gasteiger partial charge < -0.3 is 14.9 Å². The third-order valence-corrected chi connectivity index (χ3v) is 9.39. The van der Waals surface area contributed by atoms with Gasteiger partial charge in [-0.3, -0.25) is 9.59 Å². The quantitative estimate of drug-likeness (QED) is 0.637. The number of carbonyl (C=O) groups is 2. The molecule has 0 aromatic carbocycles. The largest absolute Gasteiger partial charge is 0.458 e. The molecular formula is C22H30O5. The minimum absolute atomic E-state index is 0.00669. The van der Waals surface area contributed by atoms with Gasteiger partial charge in [0.1, 0.15) is 11.7 Å². The highest BCUT2D eigenvalue weighted by molar-refractivity contribution is 5.92. The third-order valence-electron chi connectivity index (χ3n) is 9.39. The first-order valence-corrected chi connectivity index (χ1v) is 10.5. The zero-order valence-corrected chi connectivity index (χ0v) is 16.2. The van der Waals surface area contributed by atoms with E-state index in [1.807, 2.05) is 0 Å². The van der Waals surface area contributed by atoms with Crippen LogP contribution >= 0.6 is 0 Å². The van der Waals surface area contributed by atoms with Gasteiger partial charge in [-0.05, 0) is 73.3 Å². The lowest BCUT2D eigenvalue weighted by molar-refractivity contribution is -0.184. The summed E-state index contributed by atoms with van der Waals surface area (Å²) in [5, 5.41) is 22.1. The number of hydrogen-bond acceptors (Lipinski definition) is 5. The van der Waals surface area contributed by atoms with Crippen LogP contribution in [0, 0.1) is 28.6 Å². The number of carbonyl (C=O) groups excluding carboxylic acids is 2. The van der Waals surface area contributed by atoms with Crippen LogP contribution in [0.15, 0.2) is 11.6 Å². The van der Waals surface area contributed by atoms with Gasteiger partial charge in [0.15, 0.2) is 5.78 Å². The predicted molar refractivity (Wildman–Crippen MR) is 97.5 cm³/mol. The van der Waals surface area contributed by atoms with Gasteiger partial charge in [-0.2, -0.15) is 0 Å². The van der Waals surface area contributed by atoms with Crippen LogP contribution in [-0.4, -0.2) is 39.8 Å². The minimum Gasteiger partial charge on any atom is -0.458 e. The molecule has 0 amide bonds. The number of aliphatic hydroxyl groups excluding tert-OH is 2. The Balaban J connectivity index is 1.56. The van der Waals surface area contributed by atoms with Gasteiger partial charge in [-0.25, -0.2) is 0 Å². The Labute approximate surface area is 160 Å². The number of ketones is 1. The van der Waals surface area contributed by atoms with E-state index >= 15 is 0 Å². The second kappa shape index (κ2) is 5.44. The van der Waals surface area contributed by atoms with E-state index in [2.05, 4.69) is 13.8 Å². The normalized spacial score (nSPS) is 54.2. The molecule has 0 aromatic heterocycles. The molecule has 4 fully saturated rings. The summed E-state index contributed by atoms with van der Waals surface area (Å²) >= 11 is 0. The molecule has 1 saturated heterocycles. The lowest BCUT2D eigenvalue weighted by Crippen LogP contribution is -2.62. The number of rotatable bonds is 0. The van der Waals surface area contributed by atoms with E-state index in [0.29, 0.717) is 12.8 Å². The van der Waals surface area contributed by atoms with Crippen LogP contribution in [0.1, 0.15) is 65.2 Å². The van der Waals surface area contributed by atoms with Crippen LogP contribution in [-0.2, 0) is 14.3 Å². The second-order valence-electron chi connectivity index (χ2n) is 10.2. The fourth-order valence-electron chi connectivity index (χ4n) is 7.87. The summed E-state index contributed by atoms with van der Waals surface area (Å²) in [5.74, 6) is 0.466. The number of ether oxygens (including phenoxy) is 1. The highest BCUT2D eigenvalue weighted by Gasteiger charge is 2.69. The Morgan fingerprint density at radius 1 is 1.00 bits per heavy atom. The van der Waals surface area contributed by atoms with Gasteiger partial charge in [0.25, 0.3) is 0 Å². The molecule has 0 aromatic rings. The van der Waals surface area contributed by atoms with Crippen molar-refractivity contribution >= 4 is 11.8 Å².